The van der Waals surface area contributed by atoms with Gasteiger partial charge in [-0.25, -0.2) is 4.39 Å². The third-order valence-electron chi connectivity index (χ3n) is 3.63. The maximum Gasteiger partial charge on any atom is 0.295 e. The van der Waals surface area contributed by atoms with Crippen LogP contribution in [0.3, 0.4) is 0 Å². The monoisotopic (exact) mass is 346 g/mol. The smallest absolute Gasteiger partial charge is 0.295 e. The fourth-order valence-electron chi connectivity index (χ4n) is 2.43. The fourth-order valence-corrected chi connectivity index (χ4v) is 2.78. The third-order valence-corrected chi connectivity index (χ3v) is 4.24. The predicted octanol–water partition coefficient (Wildman–Crippen LogP) is 3.46. The van der Waals surface area contributed by atoms with E-state index in [1.165, 1.54) is 6.07 Å². The van der Waals surface area contributed by atoms with Crippen molar-refractivity contribution < 1.29 is 14.4 Å². The van der Waals surface area contributed by atoms with Crippen molar-refractivity contribution in [2.24, 2.45) is 5.92 Å². The Kier molecular flexibility index (Phi) is 4.93. The van der Waals surface area contributed by atoms with Crippen molar-refractivity contribution in [3.8, 4) is 0 Å². The quantitative estimate of drug-likeness (QED) is 0.646. The summed E-state index contributed by atoms with van der Waals surface area (Å²) in [5, 5.41) is 23.4. The van der Waals surface area contributed by atoms with Crippen molar-refractivity contribution in [1.82, 2.24) is 0 Å². The van der Waals surface area contributed by atoms with E-state index in [1.807, 2.05) is 0 Å². The Labute approximate surface area is 124 Å². The van der Waals surface area contributed by atoms with Crippen molar-refractivity contribution in [2.75, 3.05) is 11.9 Å². The van der Waals surface area contributed by atoms with E-state index in [0.717, 1.165) is 31.7 Å². The van der Waals surface area contributed by atoms with Gasteiger partial charge in [0.15, 0.2) is 0 Å². The maximum atomic E-state index is 13.4. The number of halogens is 2. The molecule has 1 saturated carbocycles. The summed E-state index contributed by atoms with van der Waals surface area (Å²) in [5.74, 6) is -0.273. The van der Waals surface area contributed by atoms with Crippen LogP contribution in [0, 0.1) is 21.8 Å². The second kappa shape index (κ2) is 6.49. The van der Waals surface area contributed by atoms with Crippen molar-refractivity contribution in [1.29, 1.82) is 0 Å². The predicted molar refractivity (Wildman–Crippen MR) is 77.2 cm³/mol. The highest BCUT2D eigenvalue weighted by atomic mass is 79.9. The van der Waals surface area contributed by atoms with E-state index < -0.39 is 10.7 Å². The minimum Gasteiger partial charge on any atom is -0.393 e. The normalized spacial score (nSPS) is 22.6. The number of hydrogen-bond donors (Lipinski definition) is 2. The van der Waals surface area contributed by atoms with Crippen molar-refractivity contribution in [2.45, 2.75) is 31.8 Å². The van der Waals surface area contributed by atoms with E-state index in [4.69, 9.17) is 0 Å². The minimum absolute atomic E-state index is 0.199. The Morgan fingerprint density at radius 3 is 2.65 bits per heavy atom. The summed E-state index contributed by atoms with van der Waals surface area (Å²) in [5.41, 5.74) is 0.0518. The molecule has 110 valence electrons. The molecule has 0 saturated heterocycles. The first-order valence-corrected chi connectivity index (χ1v) is 7.32. The average Bonchev–Trinajstić information content (AvgIpc) is 2.41. The zero-order valence-electron chi connectivity index (χ0n) is 10.8. The van der Waals surface area contributed by atoms with Crippen LogP contribution in [-0.4, -0.2) is 22.7 Å². The molecule has 1 aliphatic carbocycles. The molecule has 5 nitrogen and oxygen atoms in total. The zero-order valence-corrected chi connectivity index (χ0v) is 12.4. The second-order valence-corrected chi connectivity index (χ2v) is 5.95. The van der Waals surface area contributed by atoms with Crippen LogP contribution in [-0.2, 0) is 0 Å². The van der Waals surface area contributed by atoms with Crippen LogP contribution in [0.15, 0.2) is 16.6 Å². The summed E-state index contributed by atoms with van der Waals surface area (Å²) in [7, 11) is 0. The number of rotatable bonds is 4. The van der Waals surface area contributed by atoms with Crippen LogP contribution in [0.1, 0.15) is 25.7 Å². The lowest BCUT2D eigenvalue weighted by atomic mass is 9.87. The molecule has 0 spiro atoms. The van der Waals surface area contributed by atoms with Crippen LogP contribution in [0.25, 0.3) is 0 Å². The Balaban J connectivity index is 2.05. The van der Waals surface area contributed by atoms with Crippen LogP contribution < -0.4 is 5.32 Å². The number of nitrogens with one attached hydrogen (secondary N) is 1. The molecule has 0 bridgehead atoms. The van der Waals surface area contributed by atoms with Gasteiger partial charge in [0.1, 0.15) is 11.5 Å². The molecule has 0 radical (unpaired) electrons. The molecule has 7 heteroatoms. The third kappa shape index (κ3) is 3.67. The zero-order chi connectivity index (χ0) is 14.7. The highest BCUT2D eigenvalue weighted by Gasteiger charge is 2.21. The molecule has 0 atom stereocenters. The Hall–Kier alpha value is -1.21. The molecule has 20 heavy (non-hydrogen) atoms. The first-order chi connectivity index (χ1) is 9.47. The van der Waals surface area contributed by atoms with Crippen LogP contribution in [0.2, 0.25) is 0 Å². The number of nitrogens with zero attached hydrogens (tertiary/aromatic N) is 1. The highest BCUT2D eigenvalue weighted by molar-refractivity contribution is 9.10. The van der Waals surface area contributed by atoms with E-state index >= 15 is 0 Å². The van der Waals surface area contributed by atoms with Gasteiger partial charge in [-0.2, -0.15) is 0 Å². The molecule has 2 N–H and O–H groups in total. The van der Waals surface area contributed by atoms with Gasteiger partial charge in [0, 0.05) is 6.54 Å². The SMILES string of the molecule is O=[N+]([O-])c1cc(F)c(Br)cc1NCC1CCC(O)CC1. The molecule has 0 aliphatic heterocycles. The molecule has 0 heterocycles. The molecule has 1 aromatic carbocycles. The molecule has 0 aromatic heterocycles. The van der Waals surface area contributed by atoms with Crippen molar-refractivity contribution >= 4 is 27.3 Å². The standard InChI is InChI=1S/C13H16BrFN2O3/c14-10-5-12(13(17(19)20)6-11(10)15)16-7-8-1-3-9(18)4-2-8/h5-6,8-9,16,18H,1-4,7H2. The number of aliphatic hydroxyl groups excluding tert-OH is 1. The minimum atomic E-state index is -0.650. The lowest BCUT2D eigenvalue weighted by molar-refractivity contribution is -0.384. The Bertz CT molecular complexity index is 505. The van der Waals surface area contributed by atoms with E-state index in [2.05, 4.69) is 21.2 Å². The highest BCUT2D eigenvalue weighted by Crippen LogP contribution is 2.32. The van der Waals surface area contributed by atoms with Gasteiger partial charge in [0.2, 0.25) is 0 Å². The summed E-state index contributed by atoms with van der Waals surface area (Å²) in [6, 6.07) is 2.31. The van der Waals surface area contributed by atoms with Gasteiger partial charge in [0.25, 0.3) is 5.69 Å². The number of hydrogen-bond acceptors (Lipinski definition) is 4. The summed E-state index contributed by atoms with van der Waals surface area (Å²) in [6.07, 6.45) is 3.10. The van der Waals surface area contributed by atoms with Gasteiger partial charge in [-0.05, 0) is 53.6 Å². The topological polar surface area (TPSA) is 75.4 Å². The summed E-state index contributed by atoms with van der Waals surface area (Å²) in [4.78, 5) is 10.3. The first kappa shape index (κ1) is 15.2. The van der Waals surface area contributed by atoms with Gasteiger partial charge in [0.05, 0.1) is 21.6 Å². The molecule has 1 aliphatic rings. The number of nitro benzene ring substituents is 1. The molecule has 1 fully saturated rings. The molecule has 0 unspecified atom stereocenters. The van der Waals surface area contributed by atoms with Crippen LogP contribution >= 0.6 is 15.9 Å². The number of benzene rings is 1. The molecular weight excluding hydrogens is 331 g/mol. The lowest BCUT2D eigenvalue weighted by Crippen LogP contribution is -2.23. The molecule has 0 amide bonds. The summed E-state index contributed by atoms with van der Waals surface area (Å²) < 4.78 is 13.5. The Morgan fingerprint density at radius 2 is 2.05 bits per heavy atom. The van der Waals surface area contributed by atoms with Gasteiger partial charge >= 0.3 is 0 Å². The number of nitro groups is 1. The van der Waals surface area contributed by atoms with E-state index in [0.29, 0.717) is 18.2 Å². The van der Waals surface area contributed by atoms with E-state index in [1.54, 1.807) is 0 Å². The summed E-state index contributed by atoms with van der Waals surface area (Å²) in [6.45, 7) is 0.589. The van der Waals surface area contributed by atoms with Crippen molar-refractivity contribution in [3.63, 3.8) is 0 Å². The maximum absolute atomic E-state index is 13.4. The van der Waals surface area contributed by atoms with Gasteiger partial charge < -0.3 is 10.4 Å². The summed E-state index contributed by atoms with van der Waals surface area (Å²) >= 11 is 3.03. The Morgan fingerprint density at radius 1 is 1.40 bits per heavy atom. The van der Waals surface area contributed by atoms with Crippen molar-refractivity contribution in [3.05, 3.63) is 32.5 Å². The number of anilines is 1. The lowest BCUT2D eigenvalue weighted by Gasteiger charge is -2.25. The molecule has 1 aromatic rings. The average molecular weight is 347 g/mol. The number of aliphatic hydroxyl groups is 1. The molecule has 2 rings (SSSR count). The van der Waals surface area contributed by atoms with Gasteiger partial charge in [-0.15, -0.1) is 0 Å². The molecular formula is C13H16BrFN2O3. The van der Waals surface area contributed by atoms with Crippen LogP contribution in [0.4, 0.5) is 15.8 Å². The van der Waals surface area contributed by atoms with E-state index in [-0.39, 0.29) is 16.3 Å². The van der Waals surface area contributed by atoms with E-state index in [9.17, 15) is 19.6 Å². The first-order valence-electron chi connectivity index (χ1n) is 6.52. The van der Waals surface area contributed by atoms with Gasteiger partial charge in [-0.1, -0.05) is 0 Å². The van der Waals surface area contributed by atoms with Gasteiger partial charge in [-0.3, -0.25) is 10.1 Å². The fraction of sp³-hybridized carbons (Fsp3) is 0.538. The van der Waals surface area contributed by atoms with Crippen LogP contribution in [0.5, 0.6) is 0 Å². The largest absolute Gasteiger partial charge is 0.393 e. The second-order valence-electron chi connectivity index (χ2n) is 5.10.